The summed E-state index contributed by atoms with van der Waals surface area (Å²) in [6, 6.07) is 8.29. The number of rotatable bonds is 7. The molecule has 0 aliphatic heterocycles. The van der Waals surface area contributed by atoms with E-state index >= 15 is 0 Å². The lowest BCUT2D eigenvalue weighted by atomic mass is 10.2. The van der Waals surface area contributed by atoms with E-state index in [0.29, 0.717) is 6.54 Å². The van der Waals surface area contributed by atoms with Crippen LogP contribution in [-0.4, -0.2) is 22.6 Å². The van der Waals surface area contributed by atoms with Crippen molar-refractivity contribution in [2.75, 3.05) is 18.2 Å². The molecule has 1 heterocycles. The van der Waals surface area contributed by atoms with Crippen molar-refractivity contribution in [1.29, 1.82) is 0 Å². The van der Waals surface area contributed by atoms with Gasteiger partial charge < -0.3 is 10.1 Å². The number of ether oxygens (including phenoxy) is 1. The number of hydrogen-bond donors (Lipinski definition) is 1. The van der Waals surface area contributed by atoms with Crippen molar-refractivity contribution in [3.63, 3.8) is 0 Å². The third-order valence-corrected chi connectivity index (χ3v) is 4.25. The molecule has 0 amide bonds. The van der Waals surface area contributed by atoms with Crippen LogP contribution in [0.3, 0.4) is 0 Å². The van der Waals surface area contributed by atoms with Crippen molar-refractivity contribution in [2.24, 2.45) is 7.05 Å². The van der Waals surface area contributed by atoms with E-state index < -0.39 is 0 Å². The number of aryl methyl sites for hydroxylation is 2. The topological polar surface area (TPSA) is 39.1 Å². The van der Waals surface area contributed by atoms with Crippen LogP contribution in [0.25, 0.3) is 0 Å². The number of thioether (sulfide) groups is 1. The predicted molar refractivity (Wildman–Crippen MR) is 89.2 cm³/mol. The van der Waals surface area contributed by atoms with Gasteiger partial charge in [0, 0.05) is 29.9 Å². The van der Waals surface area contributed by atoms with Gasteiger partial charge in [-0.15, -0.1) is 18.3 Å². The van der Waals surface area contributed by atoms with Crippen molar-refractivity contribution < 1.29 is 4.74 Å². The van der Waals surface area contributed by atoms with Crippen molar-refractivity contribution in [1.82, 2.24) is 9.78 Å². The smallest absolute Gasteiger partial charge is 0.216 e. The third-order valence-electron chi connectivity index (χ3n) is 3.18. The number of anilines is 1. The zero-order valence-corrected chi connectivity index (χ0v) is 13.5. The maximum Gasteiger partial charge on any atom is 0.216 e. The minimum Gasteiger partial charge on any atom is -0.481 e. The van der Waals surface area contributed by atoms with E-state index in [1.165, 1.54) is 4.90 Å². The largest absolute Gasteiger partial charge is 0.481 e. The summed E-state index contributed by atoms with van der Waals surface area (Å²) in [4.78, 5) is 1.22. The first-order valence-corrected chi connectivity index (χ1v) is 7.79. The SMILES string of the molecule is C=CCSc1ccccc1NCc1c(C)nn(C)c1OC. The molecule has 0 aliphatic carbocycles. The molecule has 2 rings (SSSR count). The fourth-order valence-corrected chi connectivity index (χ4v) is 2.98. The summed E-state index contributed by atoms with van der Waals surface area (Å²) in [6.45, 7) is 6.45. The number of hydrogen-bond acceptors (Lipinski definition) is 4. The Kier molecular flexibility index (Phi) is 5.33. The fourth-order valence-electron chi connectivity index (χ4n) is 2.21. The zero-order valence-electron chi connectivity index (χ0n) is 12.7. The van der Waals surface area contributed by atoms with Crippen molar-refractivity contribution in [3.05, 3.63) is 48.2 Å². The minimum atomic E-state index is 0.689. The quantitative estimate of drug-likeness (QED) is 0.626. The Balaban J connectivity index is 2.15. The first-order chi connectivity index (χ1) is 10.2. The number of nitrogens with zero attached hydrogens (tertiary/aromatic N) is 2. The predicted octanol–water partition coefficient (Wildman–Crippen LogP) is 3.63. The van der Waals surface area contributed by atoms with E-state index in [-0.39, 0.29) is 0 Å². The molecule has 1 aromatic heterocycles. The average molecular weight is 303 g/mol. The van der Waals surface area contributed by atoms with E-state index in [1.807, 2.05) is 32.2 Å². The number of nitrogens with one attached hydrogen (secondary N) is 1. The molecule has 1 N–H and O–H groups in total. The molecule has 5 heteroatoms. The summed E-state index contributed by atoms with van der Waals surface area (Å²) in [5.74, 6) is 1.70. The van der Waals surface area contributed by atoms with Crippen LogP contribution >= 0.6 is 11.8 Å². The second-order valence-electron chi connectivity index (χ2n) is 4.65. The van der Waals surface area contributed by atoms with Gasteiger partial charge in [0.15, 0.2) is 0 Å². The van der Waals surface area contributed by atoms with Gasteiger partial charge in [-0.05, 0) is 19.1 Å². The van der Waals surface area contributed by atoms with Crippen LogP contribution in [0.4, 0.5) is 5.69 Å². The van der Waals surface area contributed by atoms with E-state index in [2.05, 4.69) is 29.1 Å². The Bertz CT molecular complexity index is 622. The maximum atomic E-state index is 5.42. The number of methoxy groups -OCH3 is 1. The highest BCUT2D eigenvalue weighted by atomic mass is 32.2. The monoisotopic (exact) mass is 303 g/mol. The van der Waals surface area contributed by atoms with Gasteiger partial charge in [0.05, 0.1) is 18.4 Å². The maximum absolute atomic E-state index is 5.42. The fraction of sp³-hybridized carbons (Fsp3) is 0.312. The van der Waals surface area contributed by atoms with Gasteiger partial charge in [0.2, 0.25) is 5.88 Å². The summed E-state index contributed by atoms with van der Waals surface area (Å²) in [5.41, 5.74) is 3.19. The Morgan fingerprint density at radius 2 is 2.19 bits per heavy atom. The molecular weight excluding hydrogens is 282 g/mol. The summed E-state index contributed by atoms with van der Waals surface area (Å²) >= 11 is 1.77. The molecule has 0 radical (unpaired) electrons. The second-order valence-corrected chi connectivity index (χ2v) is 5.71. The number of benzene rings is 1. The van der Waals surface area contributed by atoms with Gasteiger partial charge in [0.1, 0.15) is 0 Å². The highest BCUT2D eigenvalue weighted by Gasteiger charge is 2.13. The molecule has 4 nitrogen and oxygen atoms in total. The van der Waals surface area contributed by atoms with E-state index in [4.69, 9.17) is 4.74 Å². The first-order valence-electron chi connectivity index (χ1n) is 6.80. The van der Waals surface area contributed by atoms with E-state index in [0.717, 1.165) is 28.6 Å². The van der Waals surface area contributed by atoms with Crippen LogP contribution in [-0.2, 0) is 13.6 Å². The Morgan fingerprint density at radius 3 is 2.90 bits per heavy atom. The van der Waals surface area contributed by atoms with E-state index in [1.54, 1.807) is 23.6 Å². The lowest BCUT2D eigenvalue weighted by molar-refractivity contribution is 0.370. The van der Waals surface area contributed by atoms with Gasteiger partial charge in [-0.1, -0.05) is 18.2 Å². The lowest BCUT2D eigenvalue weighted by Crippen LogP contribution is -2.03. The highest BCUT2D eigenvalue weighted by Crippen LogP contribution is 2.28. The summed E-state index contributed by atoms with van der Waals surface area (Å²) in [7, 11) is 3.57. The molecule has 0 spiro atoms. The Hall–Kier alpha value is -1.88. The van der Waals surface area contributed by atoms with Crippen molar-refractivity contribution in [3.8, 4) is 5.88 Å². The molecule has 2 aromatic rings. The number of para-hydroxylation sites is 1. The summed E-state index contributed by atoms with van der Waals surface area (Å²) in [5, 5.41) is 7.88. The Labute approximate surface area is 130 Å². The molecule has 0 aliphatic rings. The molecule has 0 saturated heterocycles. The van der Waals surface area contributed by atoms with Crippen LogP contribution in [0, 0.1) is 6.92 Å². The summed E-state index contributed by atoms with van der Waals surface area (Å²) < 4.78 is 7.19. The molecule has 0 unspecified atom stereocenters. The van der Waals surface area contributed by atoms with Crippen LogP contribution < -0.4 is 10.1 Å². The molecule has 0 bridgehead atoms. The number of aromatic nitrogens is 2. The van der Waals surface area contributed by atoms with Crippen LogP contribution in [0.1, 0.15) is 11.3 Å². The van der Waals surface area contributed by atoms with Crippen LogP contribution in [0.5, 0.6) is 5.88 Å². The van der Waals surface area contributed by atoms with Crippen molar-refractivity contribution in [2.45, 2.75) is 18.4 Å². The summed E-state index contributed by atoms with van der Waals surface area (Å²) in [6.07, 6.45) is 1.91. The molecule has 21 heavy (non-hydrogen) atoms. The lowest BCUT2D eigenvalue weighted by Gasteiger charge is -2.12. The van der Waals surface area contributed by atoms with Gasteiger partial charge in [-0.2, -0.15) is 5.10 Å². The molecule has 112 valence electrons. The molecular formula is C16H21N3OS. The molecule has 1 aromatic carbocycles. The average Bonchev–Trinajstić information content (AvgIpc) is 2.77. The highest BCUT2D eigenvalue weighted by molar-refractivity contribution is 7.99. The van der Waals surface area contributed by atoms with E-state index in [9.17, 15) is 0 Å². The first kappa shape index (κ1) is 15.5. The normalized spacial score (nSPS) is 10.4. The minimum absolute atomic E-state index is 0.689. The molecule has 0 saturated carbocycles. The van der Waals surface area contributed by atoms with Gasteiger partial charge in [-0.3, -0.25) is 0 Å². The molecule has 0 atom stereocenters. The van der Waals surface area contributed by atoms with Gasteiger partial charge in [0.25, 0.3) is 0 Å². The van der Waals surface area contributed by atoms with Crippen molar-refractivity contribution >= 4 is 17.4 Å². The second kappa shape index (κ2) is 7.22. The third kappa shape index (κ3) is 3.61. The van der Waals surface area contributed by atoms with Crippen LogP contribution in [0.15, 0.2) is 41.8 Å². The van der Waals surface area contributed by atoms with Gasteiger partial charge in [-0.25, -0.2) is 4.68 Å². The molecule has 0 fully saturated rings. The standard InChI is InChI=1S/C16H21N3OS/c1-5-10-21-15-9-7-6-8-14(15)17-11-13-12(2)18-19(3)16(13)20-4/h5-9,17H,1,10-11H2,2-4H3. The zero-order chi connectivity index (χ0) is 15.2. The van der Waals surface area contributed by atoms with Gasteiger partial charge >= 0.3 is 0 Å². The van der Waals surface area contributed by atoms with Crippen LogP contribution in [0.2, 0.25) is 0 Å². The Morgan fingerprint density at radius 1 is 1.43 bits per heavy atom.